The summed E-state index contributed by atoms with van der Waals surface area (Å²) in [5.41, 5.74) is 0.833. The third kappa shape index (κ3) is 4.53. The van der Waals surface area contributed by atoms with Crippen molar-refractivity contribution < 1.29 is 9.47 Å². The molecule has 2 aromatic rings. The molecule has 0 radical (unpaired) electrons. The molecule has 2 N–H and O–H groups in total. The lowest BCUT2D eigenvalue weighted by Crippen LogP contribution is -2.39. The zero-order valence-electron chi connectivity index (χ0n) is 13.7. The summed E-state index contributed by atoms with van der Waals surface area (Å²) in [6.07, 6.45) is 1.58. The molecule has 0 atom stereocenters. The lowest BCUT2D eigenvalue weighted by molar-refractivity contribution is 0.0398. The summed E-state index contributed by atoms with van der Waals surface area (Å²) < 4.78 is 10.7. The number of hydrogen-bond acceptors (Lipinski definition) is 8. The summed E-state index contributed by atoms with van der Waals surface area (Å²) in [7, 11) is 1.64. The van der Waals surface area contributed by atoms with Crippen LogP contribution < -0.4 is 15.4 Å². The minimum absolute atomic E-state index is 0.503. The maximum Gasteiger partial charge on any atom is 0.244 e. The minimum Gasteiger partial charge on any atom is -0.495 e. The van der Waals surface area contributed by atoms with Crippen LogP contribution in [0.3, 0.4) is 0 Å². The Labute approximate surface area is 141 Å². The highest BCUT2D eigenvalue weighted by molar-refractivity contribution is 5.63. The first kappa shape index (κ1) is 16.4. The fourth-order valence-corrected chi connectivity index (χ4v) is 2.48. The second kappa shape index (κ2) is 8.42. The highest BCUT2D eigenvalue weighted by Gasteiger charge is 2.10. The van der Waals surface area contributed by atoms with Gasteiger partial charge in [0.15, 0.2) is 5.82 Å². The summed E-state index contributed by atoms with van der Waals surface area (Å²) in [5, 5.41) is 14.4. The molecule has 2 heterocycles. The van der Waals surface area contributed by atoms with E-state index in [0.29, 0.717) is 11.8 Å². The fraction of sp³-hybridized carbons (Fsp3) is 0.438. The molecule has 0 spiro atoms. The molecule has 0 amide bonds. The largest absolute Gasteiger partial charge is 0.495 e. The van der Waals surface area contributed by atoms with E-state index in [4.69, 9.17) is 9.47 Å². The van der Waals surface area contributed by atoms with Gasteiger partial charge in [-0.2, -0.15) is 10.1 Å². The van der Waals surface area contributed by atoms with Gasteiger partial charge in [0.1, 0.15) is 5.75 Å². The monoisotopic (exact) mass is 330 g/mol. The van der Waals surface area contributed by atoms with E-state index in [1.54, 1.807) is 13.3 Å². The number of ether oxygens (including phenoxy) is 2. The number of anilines is 3. The number of aromatic nitrogens is 3. The number of morpholine rings is 1. The Morgan fingerprint density at radius 3 is 2.92 bits per heavy atom. The lowest BCUT2D eigenvalue weighted by Gasteiger charge is -2.26. The van der Waals surface area contributed by atoms with E-state index in [1.807, 2.05) is 24.3 Å². The van der Waals surface area contributed by atoms with Gasteiger partial charge in [0.05, 0.1) is 32.2 Å². The number of methoxy groups -OCH3 is 1. The molecule has 128 valence electrons. The Kier molecular flexibility index (Phi) is 5.75. The first-order chi connectivity index (χ1) is 11.8. The van der Waals surface area contributed by atoms with Crippen LogP contribution in [0, 0.1) is 0 Å². The van der Waals surface area contributed by atoms with Crippen LogP contribution in [0.15, 0.2) is 30.5 Å². The number of benzene rings is 1. The summed E-state index contributed by atoms with van der Waals surface area (Å²) in [6.45, 7) is 5.23. The van der Waals surface area contributed by atoms with Gasteiger partial charge in [-0.25, -0.2) is 0 Å². The summed E-state index contributed by atoms with van der Waals surface area (Å²) in [4.78, 5) is 6.78. The third-order valence-electron chi connectivity index (χ3n) is 3.74. The molecule has 0 saturated carbocycles. The van der Waals surface area contributed by atoms with Gasteiger partial charge >= 0.3 is 0 Å². The van der Waals surface area contributed by atoms with E-state index < -0.39 is 0 Å². The molecule has 1 aromatic heterocycles. The van der Waals surface area contributed by atoms with Crippen LogP contribution >= 0.6 is 0 Å². The number of nitrogens with one attached hydrogen (secondary N) is 2. The molecule has 1 aliphatic heterocycles. The molecule has 8 nitrogen and oxygen atoms in total. The van der Waals surface area contributed by atoms with Crippen molar-refractivity contribution >= 4 is 17.5 Å². The van der Waals surface area contributed by atoms with Crippen LogP contribution in [0.25, 0.3) is 0 Å². The second-order valence-electron chi connectivity index (χ2n) is 5.37. The Bertz CT molecular complexity index is 648. The Morgan fingerprint density at radius 1 is 1.25 bits per heavy atom. The smallest absolute Gasteiger partial charge is 0.244 e. The van der Waals surface area contributed by atoms with E-state index in [0.717, 1.165) is 50.8 Å². The minimum atomic E-state index is 0.503. The highest BCUT2D eigenvalue weighted by Crippen LogP contribution is 2.25. The predicted octanol–water partition coefficient (Wildman–Crippen LogP) is 1.37. The van der Waals surface area contributed by atoms with E-state index >= 15 is 0 Å². The summed E-state index contributed by atoms with van der Waals surface area (Å²) in [5.74, 6) is 1.87. The molecule has 0 unspecified atom stereocenters. The third-order valence-corrected chi connectivity index (χ3v) is 3.74. The maximum absolute atomic E-state index is 5.34. The first-order valence-corrected chi connectivity index (χ1v) is 7.99. The van der Waals surface area contributed by atoms with Gasteiger partial charge in [-0.1, -0.05) is 12.1 Å². The van der Waals surface area contributed by atoms with E-state index in [2.05, 4.69) is 30.7 Å². The van der Waals surface area contributed by atoms with E-state index in [1.165, 1.54) is 0 Å². The van der Waals surface area contributed by atoms with Crippen molar-refractivity contribution in [1.29, 1.82) is 0 Å². The highest BCUT2D eigenvalue weighted by atomic mass is 16.5. The van der Waals surface area contributed by atoms with Gasteiger partial charge in [-0.05, 0) is 12.1 Å². The van der Waals surface area contributed by atoms with Crippen LogP contribution in [0.2, 0.25) is 0 Å². The zero-order valence-corrected chi connectivity index (χ0v) is 13.7. The lowest BCUT2D eigenvalue weighted by atomic mass is 10.3. The molecular formula is C16H22N6O2. The SMILES string of the molecule is COc1ccccc1Nc1cnnc(NCCN2CCOCC2)n1. The first-order valence-electron chi connectivity index (χ1n) is 7.99. The van der Waals surface area contributed by atoms with Crippen molar-refractivity contribution in [3.8, 4) is 5.75 Å². The van der Waals surface area contributed by atoms with Crippen LogP contribution in [0.4, 0.5) is 17.5 Å². The van der Waals surface area contributed by atoms with Gasteiger partial charge in [0.25, 0.3) is 0 Å². The van der Waals surface area contributed by atoms with E-state index in [-0.39, 0.29) is 0 Å². The molecule has 24 heavy (non-hydrogen) atoms. The van der Waals surface area contributed by atoms with Crippen molar-refractivity contribution in [1.82, 2.24) is 20.1 Å². The quantitative estimate of drug-likeness (QED) is 0.787. The zero-order chi connectivity index (χ0) is 16.6. The van der Waals surface area contributed by atoms with Crippen molar-refractivity contribution in [3.63, 3.8) is 0 Å². The predicted molar refractivity (Wildman–Crippen MR) is 91.9 cm³/mol. The van der Waals surface area contributed by atoms with E-state index in [9.17, 15) is 0 Å². The Morgan fingerprint density at radius 2 is 2.08 bits per heavy atom. The Balaban J connectivity index is 1.55. The molecule has 3 rings (SSSR count). The molecule has 0 bridgehead atoms. The molecule has 8 heteroatoms. The standard InChI is InChI=1S/C16H22N6O2/c1-23-14-5-3-2-4-13(14)19-15-12-18-21-16(20-15)17-6-7-22-8-10-24-11-9-22/h2-5,12H,6-11H2,1H3,(H2,17,19,20,21). The van der Waals surface area contributed by atoms with Crippen molar-refractivity contribution in [2.24, 2.45) is 0 Å². The van der Waals surface area contributed by atoms with Gasteiger partial charge in [-0.3, -0.25) is 4.90 Å². The van der Waals surface area contributed by atoms with Crippen LogP contribution in [0.5, 0.6) is 5.75 Å². The van der Waals surface area contributed by atoms with Crippen molar-refractivity contribution in [2.45, 2.75) is 0 Å². The van der Waals surface area contributed by atoms with Crippen LogP contribution in [-0.2, 0) is 4.74 Å². The summed E-state index contributed by atoms with van der Waals surface area (Å²) >= 11 is 0. The number of para-hydroxylation sites is 2. The molecule has 1 aliphatic rings. The van der Waals surface area contributed by atoms with Crippen molar-refractivity contribution in [3.05, 3.63) is 30.5 Å². The molecule has 1 aromatic carbocycles. The van der Waals surface area contributed by atoms with Gasteiger partial charge in [0.2, 0.25) is 5.95 Å². The fourth-order valence-electron chi connectivity index (χ4n) is 2.48. The van der Waals surface area contributed by atoms with Gasteiger partial charge in [-0.15, -0.1) is 5.10 Å². The average molecular weight is 330 g/mol. The average Bonchev–Trinajstić information content (AvgIpc) is 2.63. The van der Waals surface area contributed by atoms with Gasteiger partial charge in [0, 0.05) is 26.2 Å². The van der Waals surface area contributed by atoms with Crippen molar-refractivity contribution in [2.75, 3.05) is 57.1 Å². The second-order valence-corrected chi connectivity index (χ2v) is 5.37. The molecular weight excluding hydrogens is 308 g/mol. The molecule has 0 aliphatic carbocycles. The Hall–Kier alpha value is -2.45. The van der Waals surface area contributed by atoms with Crippen LogP contribution in [-0.4, -0.2) is 66.6 Å². The molecule has 1 fully saturated rings. The molecule has 1 saturated heterocycles. The van der Waals surface area contributed by atoms with Gasteiger partial charge < -0.3 is 20.1 Å². The van der Waals surface area contributed by atoms with Crippen LogP contribution in [0.1, 0.15) is 0 Å². The number of rotatable bonds is 7. The number of nitrogens with zero attached hydrogens (tertiary/aromatic N) is 4. The normalized spacial score (nSPS) is 15.0. The maximum atomic E-state index is 5.34. The topological polar surface area (TPSA) is 84.4 Å². The number of hydrogen-bond donors (Lipinski definition) is 2. The summed E-state index contributed by atoms with van der Waals surface area (Å²) in [6, 6.07) is 7.66.